The number of carboxylic acids is 1. The number of aliphatic hydroxyl groups excluding tert-OH is 3. The summed E-state index contributed by atoms with van der Waals surface area (Å²) in [7, 11) is 0. The van der Waals surface area contributed by atoms with E-state index in [1.54, 1.807) is 109 Å². The molecule has 0 aromatic heterocycles. The number of ketones is 1. The van der Waals surface area contributed by atoms with Crippen molar-refractivity contribution in [3.8, 4) is 0 Å². The molecule has 0 aliphatic heterocycles. The monoisotopic (exact) mass is 2020 g/mol. The van der Waals surface area contributed by atoms with Gasteiger partial charge in [0.15, 0.2) is 0 Å². The highest BCUT2D eigenvalue weighted by Crippen LogP contribution is 2.18. The number of carboxylic acid groups (broad SMARTS) is 1. The van der Waals surface area contributed by atoms with Crippen LogP contribution >= 0.6 is 48.8 Å². The average Bonchev–Trinajstić information content (AvgIpc) is 0.844. The molecule has 0 aromatic rings. The Morgan fingerprint density at radius 1 is 0.299 bits per heavy atom. The van der Waals surface area contributed by atoms with Gasteiger partial charge < -0.3 is 117 Å². The number of carbonyl (C=O) groups excluding carboxylic acids is 18. The summed E-state index contributed by atoms with van der Waals surface area (Å²) < 4.78 is 0. The number of thiol groups is 2. The second-order valence-electron chi connectivity index (χ2n) is 38.0. The van der Waals surface area contributed by atoms with Crippen LogP contribution in [0.4, 0.5) is 0 Å². The van der Waals surface area contributed by atoms with Crippen LogP contribution in [0, 0.1) is 47.3 Å². The Bertz CT molecular complexity index is 3810. The van der Waals surface area contributed by atoms with Gasteiger partial charge in [0.2, 0.25) is 100 Å². The summed E-state index contributed by atoms with van der Waals surface area (Å²) in [5.74, 6) is -16.0. The first kappa shape index (κ1) is 128. The van der Waals surface area contributed by atoms with E-state index in [2.05, 4.69) is 121 Å². The predicted molar refractivity (Wildman–Crippen MR) is 532 cm³/mol. The fourth-order valence-corrected chi connectivity index (χ4v) is 15.4. The number of carbonyl (C=O) groups is 19. The maximum Gasteiger partial charge on any atom is 0.326 e. The van der Waals surface area contributed by atoms with Gasteiger partial charge in [-0.3, -0.25) is 91.6 Å². The van der Waals surface area contributed by atoms with E-state index in [4.69, 9.17) is 5.73 Å². The van der Waals surface area contributed by atoms with Crippen LogP contribution in [-0.4, -0.2) is 310 Å². The highest BCUT2D eigenvalue weighted by Gasteiger charge is 2.40. The number of unbranched alkanes of at least 4 members (excludes halogenated alkanes) is 7. The minimum atomic E-state index is -1.67. The number of aliphatic carboxylic acids is 1. The highest BCUT2D eigenvalue weighted by molar-refractivity contribution is 7.98. The van der Waals surface area contributed by atoms with Gasteiger partial charge in [-0.1, -0.05) is 149 Å². The molecule has 0 aliphatic rings. The number of amides is 17. The van der Waals surface area contributed by atoms with Gasteiger partial charge in [-0.15, -0.1) is 0 Å². The van der Waals surface area contributed by atoms with Crippen LogP contribution < -0.4 is 101 Å². The molecule has 0 rings (SSSR count). The number of Topliss-reactive ketones (excluding diaryl/α,β-unsaturated/α-hetero) is 1. The Morgan fingerprint density at radius 3 is 0.949 bits per heavy atom. The SMILES string of the molecule is CSCC[C@H](NC(=O)[C@@H](NC(=O)[C@H](CC(C)C)NC(=O)[C@H](CC(C)C)NC(=O)[C@H](CO)NC(=O)CNC(=O)[C@H](CC(C)C)NC(=O)[C@H](CS)NCC(=O)CCCCCCCCCCNC(=O)[C@@H](NC(=O)[C@H](CCSC)NC(=O)[C@@H](NC(=O)[C@H](CC(C)C)NC(=O)[C@H](CC(C)C)NC(=O)CNC(=O)CNC(=O)[C@H](CC(C)C)NC(=O)[C@@H](N)CS)[C@@H](C)O)C(C)C)[C@@H](C)O)C(=O)N[C@H](C(=O)O)C(C)C. The van der Waals surface area contributed by atoms with Gasteiger partial charge in [0.1, 0.15) is 84.3 Å². The van der Waals surface area contributed by atoms with Crippen LogP contribution in [0.2, 0.25) is 0 Å². The molecular weight excluding hydrogens is 1860 g/mol. The van der Waals surface area contributed by atoms with Crippen molar-refractivity contribution in [3.05, 3.63) is 0 Å². The summed E-state index contributed by atoms with van der Waals surface area (Å²) in [4.78, 5) is 256. The largest absolute Gasteiger partial charge is 0.480 e. The third-order valence-electron chi connectivity index (χ3n) is 21.5. The third-order valence-corrected chi connectivity index (χ3v) is 23.6. The number of hydrogen-bond donors (Lipinski definition) is 25. The van der Waals surface area contributed by atoms with E-state index in [1.807, 2.05) is 13.8 Å². The van der Waals surface area contributed by atoms with Crippen molar-refractivity contribution >= 4 is 161 Å². The summed E-state index contributed by atoms with van der Waals surface area (Å²) in [5, 5.41) is 88.3. The summed E-state index contributed by atoms with van der Waals surface area (Å²) >= 11 is 11.1. The lowest BCUT2D eigenvalue weighted by Crippen LogP contribution is -2.62. The molecule has 17 atom stereocenters. The van der Waals surface area contributed by atoms with Crippen LogP contribution in [0.25, 0.3) is 0 Å². The normalized spacial score (nSPS) is 15.3. The van der Waals surface area contributed by atoms with E-state index in [-0.39, 0.29) is 117 Å². The van der Waals surface area contributed by atoms with E-state index in [9.17, 15) is 112 Å². The standard InChI is InChI=1S/C91H165N19O23S4/c1-48(2)35-62(102-77(118)59(92)46-134)78(119)96-42-70(115)95-43-71(116)98-64(37-50(5)6)82(123)104-66(39-52(9)10)84(125)109-75(56(17)112)89(130)100-60(30-33-136-19)80(121)107-73(54(13)14)88(129)93-32-28-26-24-22-21-23-25-27-29-58(114)41-94-69(47-135)87(128)103-63(36-49(3)4)79(120)97-44-72(117)99-68(45-111)86(127)106-65(38-51(7)8)83(124)105-67(40-53(11)12)85(126)110-76(57(18)113)90(131)101-61(31-34-137-20)81(122)108-74(55(15)16)91(132)133/h48-57,59-69,73-76,94,111-113,134-135H,21-47,92H2,1-20H3,(H,93,129)(H,95,115)(H,96,119)(H,97,120)(H,98,116)(H,99,117)(H,100,130)(H,101,131)(H,102,118)(H,103,128)(H,104,123)(H,105,124)(H,106,127)(H,107,121)(H,108,122)(H,109,125)(H,110,126)(H,132,133)/t56-,57-,59+,60+,61+,62+,63+,64+,65+,66+,67+,68+,69+,73+,74+,75+,76+/m1/s1. The Morgan fingerprint density at radius 2 is 0.599 bits per heavy atom. The molecule has 0 aliphatic carbocycles. The predicted octanol–water partition coefficient (Wildman–Crippen LogP) is -1.09. The minimum Gasteiger partial charge on any atom is -0.480 e. The van der Waals surface area contributed by atoms with E-state index >= 15 is 0 Å². The van der Waals surface area contributed by atoms with Crippen LogP contribution in [0.5, 0.6) is 0 Å². The summed E-state index contributed by atoms with van der Waals surface area (Å²) in [6.07, 6.45) is 7.65. The summed E-state index contributed by atoms with van der Waals surface area (Å²) in [5.41, 5.74) is 5.76. The van der Waals surface area contributed by atoms with Crippen LogP contribution in [0.3, 0.4) is 0 Å². The Kier molecular flexibility index (Phi) is 65.6. The van der Waals surface area contributed by atoms with Gasteiger partial charge in [0.05, 0.1) is 57.1 Å². The smallest absolute Gasteiger partial charge is 0.326 e. The number of thioether (sulfide) groups is 2. The molecule has 137 heavy (non-hydrogen) atoms. The van der Waals surface area contributed by atoms with Crippen molar-refractivity contribution in [2.24, 2.45) is 53.1 Å². The van der Waals surface area contributed by atoms with Crippen molar-refractivity contribution in [2.75, 3.05) is 74.9 Å². The first-order valence-corrected chi connectivity index (χ1v) is 51.7. The summed E-state index contributed by atoms with van der Waals surface area (Å²) in [6, 6.07) is -19.1. The maximum atomic E-state index is 14.1. The fraction of sp³-hybridized carbons (Fsp3) is 0.791. The first-order valence-electron chi connectivity index (χ1n) is 47.6. The third kappa shape index (κ3) is 54.6. The van der Waals surface area contributed by atoms with Crippen LogP contribution in [-0.2, 0) is 91.1 Å². The molecule has 786 valence electrons. The molecule has 0 saturated carbocycles. The van der Waals surface area contributed by atoms with Crippen molar-refractivity contribution < 1.29 is 112 Å². The number of aliphatic hydroxyl groups is 3. The molecule has 0 heterocycles. The molecule has 24 N–H and O–H groups in total. The van der Waals surface area contributed by atoms with Gasteiger partial charge in [0, 0.05) is 24.5 Å². The van der Waals surface area contributed by atoms with Gasteiger partial charge >= 0.3 is 5.97 Å². The van der Waals surface area contributed by atoms with Crippen molar-refractivity contribution in [1.29, 1.82) is 0 Å². The molecule has 42 nitrogen and oxygen atoms in total. The molecule has 17 amide bonds. The molecule has 0 fully saturated rings. The lowest BCUT2D eigenvalue weighted by molar-refractivity contribution is -0.143. The maximum absolute atomic E-state index is 14.1. The van der Waals surface area contributed by atoms with Gasteiger partial charge in [0.25, 0.3) is 0 Å². The first-order chi connectivity index (χ1) is 64.2. The number of rotatable bonds is 73. The van der Waals surface area contributed by atoms with Crippen molar-refractivity contribution in [1.82, 2.24) is 95.7 Å². The Labute approximate surface area is 828 Å². The van der Waals surface area contributed by atoms with Gasteiger partial charge in [-0.2, -0.15) is 48.8 Å². The zero-order chi connectivity index (χ0) is 105. The lowest BCUT2D eigenvalue weighted by Gasteiger charge is -2.29. The van der Waals surface area contributed by atoms with Crippen molar-refractivity contribution in [3.63, 3.8) is 0 Å². The quantitative estimate of drug-likeness (QED) is 0.0254. The fourth-order valence-electron chi connectivity index (χ4n) is 14.0. The molecular formula is C91H165N19O23S4. The zero-order valence-corrected chi connectivity index (χ0v) is 87.3. The van der Waals surface area contributed by atoms with Gasteiger partial charge in [-0.25, -0.2) is 4.79 Å². The molecule has 46 heteroatoms. The second-order valence-corrected chi connectivity index (χ2v) is 40.7. The van der Waals surface area contributed by atoms with E-state index in [1.165, 1.54) is 37.4 Å². The molecule has 0 unspecified atom stereocenters. The second kappa shape index (κ2) is 70.0. The van der Waals surface area contributed by atoms with Gasteiger partial charge in [-0.05, 0) is 149 Å². The number of nitrogens with one attached hydrogen (secondary N) is 18. The summed E-state index contributed by atoms with van der Waals surface area (Å²) in [6.45, 7) is 27.9. The number of hydrogen-bond acceptors (Lipinski definition) is 28. The van der Waals surface area contributed by atoms with Crippen LogP contribution in [0.15, 0.2) is 0 Å². The van der Waals surface area contributed by atoms with E-state index in [0.29, 0.717) is 30.9 Å². The molecule has 0 saturated heterocycles. The van der Waals surface area contributed by atoms with Crippen molar-refractivity contribution in [2.45, 2.75) is 337 Å². The average molecular weight is 2020 g/mol. The molecule has 0 aromatic carbocycles. The van der Waals surface area contributed by atoms with Crippen LogP contribution in [0.1, 0.15) is 234 Å². The lowest BCUT2D eigenvalue weighted by atomic mass is 9.99. The number of nitrogens with two attached hydrogens (primary N) is 1. The molecule has 0 spiro atoms. The Hall–Kier alpha value is -8.67. The highest BCUT2D eigenvalue weighted by atomic mass is 32.2. The topological polar surface area (TPSA) is 648 Å². The van der Waals surface area contributed by atoms with E-state index < -0.39 is 247 Å². The minimum absolute atomic E-state index is 0.00200. The Balaban J connectivity index is 5.62. The molecule has 0 bridgehead atoms. The zero-order valence-electron chi connectivity index (χ0n) is 83.9. The molecule has 0 radical (unpaired) electrons. The van der Waals surface area contributed by atoms with E-state index in [0.717, 1.165) is 38.5 Å².